The van der Waals surface area contributed by atoms with E-state index in [-0.39, 0.29) is 18.9 Å². The van der Waals surface area contributed by atoms with Crippen molar-refractivity contribution in [1.29, 1.82) is 0 Å². The molecule has 0 radical (unpaired) electrons. The predicted octanol–water partition coefficient (Wildman–Crippen LogP) is 2.67. The summed E-state index contributed by atoms with van der Waals surface area (Å²) in [6.45, 7) is 7.18. The molecule has 0 aliphatic carbocycles. The zero-order chi connectivity index (χ0) is 18.4. The van der Waals surface area contributed by atoms with Gasteiger partial charge in [0.2, 0.25) is 0 Å². The number of para-hydroxylation sites is 1. The fourth-order valence-corrected chi connectivity index (χ4v) is 2.97. The summed E-state index contributed by atoms with van der Waals surface area (Å²) in [6.07, 6.45) is -0.594. The lowest BCUT2D eigenvalue weighted by molar-refractivity contribution is -0.151. The Morgan fingerprint density at radius 2 is 2.08 bits per heavy atom. The molecule has 1 aliphatic rings. The number of carbonyl (C=O) groups is 2. The van der Waals surface area contributed by atoms with Crippen molar-refractivity contribution >= 4 is 11.9 Å². The molecule has 1 saturated heterocycles. The Balaban J connectivity index is 2.07. The molecule has 2 atom stereocenters. The van der Waals surface area contributed by atoms with Gasteiger partial charge in [-0.2, -0.15) is 0 Å². The minimum atomic E-state index is -0.923. The minimum Gasteiger partial charge on any atom is -0.481 e. The summed E-state index contributed by atoms with van der Waals surface area (Å²) < 4.78 is 11.5. The van der Waals surface area contributed by atoms with Crippen LogP contribution >= 0.6 is 0 Å². The number of hydrogen-bond acceptors (Lipinski definition) is 4. The van der Waals surface area contributed by atoms with Crippen LogP contribution in [0.2, 0.25) is 0 Å². The van der Waals surface area contributed by atoms with Gasteiger partial charge < -0.3 is 19.5 Å². The molecule has 1 heterocycles. The van der Waals surface area contributed by atoms with Gasteiger partial charge in [-0.15, -0.1) is 0 Å². The number of carboxylic acid groups (broad SMARTS) is 1. The quantitative estimate of drug-likeness (QED) is 0.819. The second-order valence-corrected chi connectivity index (χ2v) is 6.58. The zero-order valence-electron chi connectivity index (χ0n) is 15.1. The number of ether oxygens (including phenoxy) is 2. The van der Waals surface area contributed by atoms with Crippen LogP contribution in [-0.2, 0) is 14.3 Å². The third-order valence-electron chi connectivity index (χ3n) is 4.31. The Bertz CT molecular complexity index is 601. The monoisotopic (exact) mass is 349 g/mol. The van der Waals surface area contributed by atoms with Gasteiger partial charge in [-0.05, 0) is 24.0 Å². The summed E-state index contributed by atoms with van der Waals surface area (Å²) in [6, 6.07) is 7.76. The first kappa shape index (κ1) is 19.2. The van der Waals surface area contributed by atoms with Gasteiger partial charge in [-0.3, -0.25) is 9.59 Å². The third-order valence-corrected chi connectivity index (χ3v) is 4.31. The number of hydrogen-bond donors (Lipinski definition) is 1. The van der Waals surface area contributed by atoms with Crippen molar-refractivity contribution in [3.8, 4) is 5.75 Å². The van der Waals surface area contributed by atoms with Crippen LogP contribution in [0.1, 0.15) is 45.1 Å². The van der Waals surface area contributed by atoms with Crippen molar-refractivity contribution in [2.24, 2.45) is 0 Å². The molecule has 0 bridgehead atoms. The molecule has 0 spiro atoms. The molecular weight excluding hydrogens is 322 g/mol. The number of amides is 1. The van der Waals surface area contributed by atoms with Gasteiger partial charge >= 0.3 is 5.97 Å². The molecule has 0 unspecified atom stereocenters. The third kappa shape index (κ3) is 5.19. The molecule has 1 amide bonds. The molecule has 1 N–H and O–H groups in total. The Labute approximate surface area is 148 Å². The van der Waals surface area contributed by atoms with E-state index in [0.29, 0.717) is 25.5 Å². The fraction of sp³-hybridized carbons (Fsp3) is 0.579. The van der Waals surface area contributed by atoms with Crippen LogP contribution in [0, 0.1) is 0 Å². The minimum absolute atomic E-state index is 0.0996. The number of carbonyl (C=O) groups excluding carboxylic acids is 1. The fourth-order valence-electron chi connectivity index (χ4n) is 2.97. The molecule has 138 valence electrons. The highest BCUT2D eigenvalue weighted by Gasteiger charge is 2.31. The molecule has 1 aromatic carbocycles. The van der Waals surface area contributed by atoms with Crippen LogP contribution in [0.3, 0.4) is 0 Å². The molecule has 0 saturated carbocycles. The molecule has 1 aliphatic heterocycles. The number of benzene rings is 1. The highest BCUT2D eigenvalue weighted by atomic mass is 16.5. The van der Waals surface area contributed by atoms with Crippen molar-refractivity contribution in [2.75, 3.05) is 19.7 Å². The van der Waals surface area contributed by atoms with Crippen LogP contribution < -0.4 is 4.74 Å². The average Bonchev–Trinajstić information content (AvgIpc) is 2.59. The van der Waals surface area contributed by atoms with E-state index in [1.165, 1.54) is 0 Å². The van der Waals surface area contributed by atoms with E-state index in [9.17, 15) is 9.59 Å². The van der Waals surface area contributed by atoms with Gasteiger partial charge in [-0.25, -0.2) is 0 Å². The number of carboxylic acids is 1. The lowest BCUT2D eigenvalue weighted by atomic mass is 10.0. The van der Waals surface area contributed by atoms with Crippen LogP contribution in [0.4, 0.5) is 0 Å². The lowest BCUT2D eigenvalue weighted by Crippen LogP contribution is -2.50. The molecule has 2 rings (SSSR count). The molecule has 6 heteroatoms. The van der Waals surface area contributed by atoms with Crippen LogP contribution in [0.15, 0.2) is 24.3 Å². The Morgan fingerprint density at radius 3 is 2.72 bits per heavy atom. The highest BCUT2D eigenvalue weighted by Crippen LogP contribution is 2.27. The van der Waals surface area contributed by atoms with Crippen molar-refractivity contribution in [3.05, 3.63) is 29.8 Å². The van der Waals surface area contributed by atoms with Gasteiger partial charge in [0.15, 0.2) is 6.10 Å². The maximum atomic E-state index is 12.8. The Hall–Kier alpha value is -2.08. The first-order chi connectivity index (χ1) is 11.9. The molecule has 1 fully saturated rings. The summed E-state index contributed by atoms with van der Waals surface area (Å²) >= 11 is 0. The summed E-state index contributed by atoms with van der Waals surface area (Å²) in [4.78, 5) is 25.4. The second-order valence-electron chi connectivity index (χ2n) is 6.58. The average molecular weight is 349 g/mol. The summed E-state index contributed by atoms with van der Waals surface area (Å²) in [5, 5.41) is 8.92. The molecule has 25 heavy (non-hydrogen) atoms. The standard InChI is InChI=1S/C19H27NO5/c1-4-16(25-17-8-6-5-7-15(17)13(2)3)19(23)20-9-10-24-14(12-20)11-18(21)22/h5-8,13-14,16H,4,9-12H2,1-3H3,(H,21,22)/t14-,16-/m0/s1. The van der Waals surface area contributed by atoms with Crippen LogP contribution in [0.25, 0.3) is 0 Å². The first-order valence-corrected chi connectivity index (χ1v) is 8.80. The Kier molecular flexibility index (Phi) is 6.82. The van der Waals surface area contributed by atoms with Crippen molar-refractivity contribution < 1.29 is 24.2 Å². The van der Waals surface area contributed by atoms with E-state index in [1.807, 2.05) is 31.2 Å². The lowest BCUT2D eigenvalue weighted by Gasteiger charge is -2.34. The van der Waals surface area contributed by atoms with E-state index in [2.05, 4.69) is 13.8 Å². The van der Waals surface area contributed by atoms with Crippen LogP contribution in [-0.4, -0.2) is 53.8 Å². The summed E-state index contributed by atoms with van der Waals surface area (Å²) in [5.41, 5.74) is 1.07. The van der Waals surface area contributed by atoms with Gasteiger partial charge in [0.25, 0.3) is 5.91 Å². The topological polar surface area (TPSA) is 76.1 Å². The van der Waals surface area contributed by atoms with Gasteiger partial charge in [0.05, 0.1) is 19.1 Å². The largest absolute Gasteiger partial charge is 0.481 e. The van der Waals surface area contributed by atoms with E-state index in [1.54, 1.807) is 4.90 Å². The van der Waals surface area contributed by atoms with Crippen molar-refractivity contribution in [1.82, 2.24) is 4.90 Å². The number of nitrogens with zero attached hydrogens (tertiary/aromatic N) is 1. The zero-order valence-corrected chi connectivity index (χ0v) is 15.1. The predicted molar refractivity (Wildman–Crippen MR) is 93.8 cm³/mol. The van der Waals surface area contributed by atoms with Crippen LogP contribution in [0.5, 0.6) is 5.75 Å². The van der Waals surface area contributed by atoms with E-state index >= 15 is 0 Å². The van der Waals surface area contributed by atoms with Gasteiger partial charge in [0.1, 0.15) is 5.75 Å². The normalized spacial score (nSPS) is 18.9. The number of morpholine rings is 1. The Morgan fingerprint density at radius 1 is 1.36 bits per heavy atom. The van der Waals surface area contributed by atoms with Gasteiger partial charge in [-0.1, -0.05) is 39.0 Å². The van der Waals surface area contributed by atoms with Gasteiger partial charge in [0, 0.05) is 13.1 Å². The maximum absolute atomic E-state index is 12.8. The van der Waals surface area contributed by atoms with E-state index in [4.69, 9.17) is 14.6 Å². The first-order valence-electron chi connectivity index (χ1n) is 8.80. The molecule has 0 aromatic heterocycles. The molecular formula is C19H27NO5. The summed E-state index contributed by atoms with van der Waals surface area (Å²) in [5.74, 6) is -0.00612. The van der Waals surface area contributed by atoms with E-state index < -0.39 is 18.2 Å². The van der Waals surface area contributed by atoms with Crippen molar-refractivity contribution in [2.45, 2.75) is 51.7 Å². The SMILES string of the molecule is CC[C@H](Oc1ccccc1C(C)C)C(=O)N1CCO[C@@H](CC(=O)O)C1. The number of rotatable bonds is 7. The smallest absolute Gasteiger partial charge is 0.306 e. The summed E-state index contributed by atoms with van der Waals surface area (Å²) in [7, 11) is 0. The highest BCUT2D eigenvalue weighted by molar-refractivity contribution is 5.81. The molecule has 1 aromatic rings. The van der Waals surface area contributed by atoms with Crippen molar-refractivity contribution in [3.63, 3.8) is 0 Å². The van der Waals surface area contributed by atoms with E-state index in [0.717, 1.165) is 11.3 Å². The second kappa shape index (κ2) is 8.85. The molecule has 6 nitrogen and oxygen atoms in total. The maximum Gasteiger partial charge on any atom is 0.306 e. The number of aliphatic carboxylic acids is 1.